The number of ether oxygens (including phenoxy) is 3. The van der Waals surface area contributed by atoms with Gasteiger partial charge in [0.25, 0.3) is 0 Å². The van der Waals surface area contributed by atoms with Crippen molar-refractivity contribution in [2.24, 2.45) is 10.7 Å². The van der Waals surface area contributed by atoms with Gasteiger partial charge in [-0.05, 0) is 29.8 Å². The number of anilines is 1. The largest absolute Gasteiger partial charge is 0.490 e. The number of benzene rings is 2. The minimum Gasteiger partial charge on any atom is -0.490 e. The van der Waals surface area contributed by atoms with Crippen molar-refractivity contribution in [2.75, 3.05) is 32.2 Å². The molecule has 2 aromatic rings. The van der Waals surface area contributed by atoms with Crippen LogP contribution >= 0.6 is 11.6 Å². The number of hydrogen-bond acceptors (Lipinski definition) is 4. The molecule has 2 aromatic carbocycles. The summed E-state index contributed by atoms with van der Waals surface area (Å²) in [5, 5.41) is 3.72. The number of fused-ring (bicyclic) bond motifs is 1. The summed E-state index contributed by atoms with van der Waals surface area (Å²) in [6.07, 6.45) is 0.640. The maximum absolute atomic E-state index is 6.04. The molecule has 0 saturated carbocycles. The molecule has 1 aliphatic heterocycles. The SMILES string of the molecule is COC(CN=C(N)Nc1ccc2c(c1)OCCCO2)c1cccc(Cl)c1. The maximum atomic E-state index is 6.04. The number of hydrogen-bond donors (Lipinski definition) is 2. The van der Waals surface area contributed by atoms with Crippen molar-refractivity contribution in [1.29, 1.82) is 0 Å². The summed E-state index contributed by atoms with van der Waals surface area (Å²) in [6.45, 7) is 1.67. The van der Waals surface area contributed by atoms with Gasteiger partial charge in [0.1, 0.15) is 6.10 Å². The maximum Gasteiger partial charge on any atom is 0.193 e. The van der Waals surface area contributed by atoms with E-state index in [-0.39, 0.29) is 6.10 Å². The monoisotopic (exact) mass is 375 g/mol. The highest BCUT2D eigenvalue weighted by Crippen LogP contribution is 2.32. The summed E-state index contributed by atoms with van der Waals surface area (Å²) in [5.41, 5.74) is 7.74. The second-order valence-electron chi connectivity index (χ2n) is 5.84. The molecule has 0 fully saturated rings. The predicted molar refractivity (Wildman–Crippen MR) is 103 cm³/mol. The molecule has 0 amide bonds. The smallest absolute Gasteiger partial charge is 0.193 e. The van der Waals surface area contributed by atoms with Gasteiger partial charge in [0.05, 0.1) is 19.8 Å². The first-order valence-electron chi connectivity index (χ1n) is 8.40. The lowest BCUT2D eigenvalue weighted by Crippen LogP contribution is -2.24. The molecule has 1 unspecified atom stereocenters. The van der Waals surface area contributed by atoms with Crippen molar-refractivity contribution in [3.8, 4) is 11.5 Å². The predicted octanol–water partition coefficient (Wildman–Crippen LogP) is 3.62. The topological polar surface area (TPSA) is 78.1 Å². The number of nitrogens with two attached hydrogens (primary N) is 1. The lowest BCUT2D eigenvalue weighted by Gasteiger charge is -2.15. The first kappa shape index (κ1) is 18.4. The summed E-state index contributed by atoms with van der Waals surface area (Å²) >= 11 is 6.04. The van der Waals surface area contributed by atoms with E-state index in [1.165, 1.54) is 0 Å². The normalized spacial score (nSPS) is 15.2. The first-order chi connectivity index (χ1) is 12.7. The number of nitrogens with zero attached hydrogens (tertiary/aromatic N) is 1. The Hall–Kier alpha value is -2.44. The first-order valence-corrected chi connectivity index (χ1v) is 8.78. The van der Waals surface area contributed by atoms with Gasteiger partial charge >= 0.3 is 0 Å². The van der Waals surface area contributed by atoms with Crippen LogP contribution in [0.15, 0.2) is 47.5 Å². The molecule has 0 bridgehead atoms. The second-order valence-corrected chi connectivity index (χ2v) is 6.28. The summed E-state index contributed by atoms with van der Waals surface area (Å²) < 4.78 is 16.8. The van der Waals surface area contributed by atoms with Crippen LogP contribution in [-0.4, -0.2) is 32.8 Å². The van der Waals surface area contributed by atoms with E-state index in [0.717, 1.165) is 23.4 Å². The van der Waals surface area contributed by atoms with Crippen LogP contribution in [0.4, 0.5) is 5.69 Å². The number of aliphatic imine (C=N–C) groups is 1. The van der Waals surface area contributed by atoms with Crippen LogP contribution in [0, 0.1) is 0 Å². The van der Waals surface area contributed by atoms with Gasteiger partial charge in [0.15, 0.2) is 17.5 Å². The molecular formula is C19H22ClN3O3. The van der Waals surface area contributed by atoms with E-state index in [4.69, 9.17) is 31.5 Å². The Kier molecular flexibility index (Phi) is 6.20. The van der Waals surface area contributed by atoms with E-state index in [1.54, 1.807) is 7.11 Å². The molecule has 3 N–H and O–H groups in total. The van der Waals surface area contributed by atoms with Gasteiger partial charge in [-0.25, -0.2) is 0 Å². The standard InChI is InChI=1S/C19H22ClN3O3/c1-24-18(13-4-2-5-14(20)10-13)12-22-19(21)23-15-6-7-16-17(11-15)26-9-3-8-25-16/h2,4-7,10-11,18H,3,8-9,12H2,1H3,(H3,21,22,23). The Balaban J connectivity index is 1.65. The number of guanidine groups is 1. The van der Waals surface area contributed by atoms with Crippen molar-refractivity contribution < 1.29 is 14.2 Å². The third-order valence-corrected chi connectivity index (χ3v) is 4.19. The van der Waals surface area contributed by atoms with Crippen molar-refractivity contribution >= 4 is 23.2 Å². The van der Waals surface area contributed by atoms with Crippen LogP contribution in [0.2, 0.25) is 5.02 Å². The minimum atomic E-state index is -0.224. The quantitative estimate of drug-likeness (QED) is 0.616. The van der Waals surface area contributed by atoms with Crippen LogP contribution in [-0.2, 0) is 4.74 Å². The van der Waals surface area contributed by atoms with Crippen molar-refractivity contribution in [1.82, 2.24) is 0 Å². The van der Waals surface area contributed by atoms with Gasteiger partial charge in [0.2, 0.25) is 0 Å². The van der Waals surface area contributed by atoms with Gasteiger partial charge in [0, 0.05) is 30.3 Å². The van der Waals surface area contributed by atoms with Crippen LogP contribution in [0.3, 0.4) is 0 Å². The number of rotatable bonds is 5. The Morgan fingerprint density at radius 3 is 2.81 bits per heavy atom. The van der Waals surface area contributed by atoms with E-state index in [0.29, 0.717) is 36.5 Å². The number of methoxy groups -OCH3 is 1. The Labute approximate surface area is 157 Å². The summed E-state index contributed by atoms with van der Waals surface area (Å²) in [6, 6.07) is 13.1. The zero-order valence-electron chi connectivity index (χ0n) is 14.6. The zero-order valence-corrected chi connectivity index (χ0v) is 15.3. The third-order valence-electron chi connectivity index (χ3n) is 3.95. The molecule has 1 heterocycles. The molecule has 0 aromatic heterocycles. The van der Waals surface area contributed by atoms with Gasteiger partial charge in [-0.15, -0.1) is 0 Å². The lowest BCUT2D eigenvalue weighted by atomic mass is 10.1. The van der Waals surface area contributed by atoms with Crippen LogP contribution in [0.1, 0.15) is 18.1 Å². The fourth-order valence-corrected chi connectivity index (χ4v) is 2.83. The second kappa shape index (κ2) is 8.78. The molecule has 1 atom stereocenters. The van der Waals surface area contributed by atoms with Crippen molar-refractivity contribution in [3.05, 3.63) is 53.1 Å². The van der Waals surface area contributed by atoms with Gasteiger partial charge in [-0.2, -0.15) is 0 Å². The molecule has 6 nitrogen and oxygen atoms in total. The molecule has 0 saturated heterocycles. The highest BCUT2D eigenvalue weighted by Gasteiger charge is 2.12. The summed E-state index contributed by atoms with van der Waals surface area (Å²) in [5.74, 6) is 1.74. The van der Waals surface area contributed by atoms with Crippen LogP contribution in [0.5, 0.6) is 11.5 Å². The number of halogens is 1. The minimum absolute atomic E-state index is 0.224. The van der Waals surface area contributed by atoms with E-state index in [1.807, 2.05) is 42.5 Å². The molecule has 1 aliphatic rings. The molecule has 26 heavy (non-hydrogen) atoms. The average Bonchev–Trinajstić information content (AvgIpc) is 2.87. The fraction of sp³-hybridized carbons (Fsp3) is 0.316. The van der Waals surface area contributed by atoms with Gasteiger partial charge in [-0.3, -0.25) is 4.99 Å². The van der Waals surface area contributed by atoms with Crippen molar-refractivity contribution in [3.63, 3.8) is 0 Å². The molecule has 0 radical (unpaired) electrons. The van der Waals surface area contributed by atoms with Gasteiger partial charge < -0.3 is 25.3 Å². The van der Waals surface area contributed by atoms with Gasteiger partial charge in [-0.1, -0.05) is 23.7 Å². The van der Waals surface area contributed by atoms with Crippen LogP contribution < -0.4 is 20.5 Å². The molecule has 7 heteroatoms. The molecular weight excluding hydrogens is 354 g/mol. The Morgan fingerprint density at radius 2 is 2.04 bits per heavy atom. The molecule has 0 aliphatic carbocycles. The highest BCUT2D eigenvalue weighted by molar-refractivity contribution is 6.30. The fourth-order valence-electron chi connectivity index (χ4n) is 2.63. The lowest BCUT2D eigenvalue weighted by molar-refractivity contribution is 0.111. The third kappa shape index (κ3) is 4.80. The van der Waals surface area contributed by atoms with Crippen molar-refractivity contribution in [2.45, 2.75) is 12.5 Å². The Bertz CT molecular complexity index is 782. The highest BCUT2D eigenvalue weighted by atomic mass is 35.5. The molecule has 138 valence electrons. The molecule has 0 spiro atoms. The summed E-state index contributed by atoms with van der Waals surface area (Å²) in [7, 11) is 1.63. The average molecular weight is 376 g/mol. The summed E-state index contributed by atoms with van der Waals surface area (Å²) in [4.78, 5) is 4.37. The van der Waals surface area contributed by atoms with E-state index in [2.05, 4.69) is 10.3 Å². The molecule has 3 rings (SSSR count). The zero-order chi connectivity index (χ0) is 18.4. The van der Waals surface area contributed by atoms with E-state index in [9.17, 15) is 0 Å². The number of nitrogens with one attached hydrogen (secondary N) is 1. The Morgan fingerprint density at radius 1 is 1.23 bits per heavy atom. The van der Waals surface area contributed by atoms with Crippen LogP contribution in [0.25, 0.3) is 0 Å². The van der Waals surface area contributed by atoms with E-state index < -0.39 is 0 Å². The van der Waals surface area contributed by atoms with E-state index >= 15 is 0 Å².